The monoisotopic (exact) mass is 378 g/mol. The van der Waals surface area contributed by atoms with Gasteiger partial charge in [0, 0.05) is 12.0 Å². The SMILES string of the molecule is C=C1C(=O)OC2C=C(C)C3(O)CC(=O)C(C)(CC(OC(=O)C(C)CC)C12)O3. The van der Waals surface area contributed by atoms with Gasteiger partial charge in [-0.2, -0.15) is 0 Å². The lowest BCUT2D eigenvalue weighted by Crippen LogP contribution is -2.43. The molecule has 0 aromatic rings. The zero-order valence-corrected chi connectivity index (χ0v) is 16.1. The maximum absolute atomic E-state index is 12.6. The van der Waals surface area contributed by atoms with Gasteiger partial charge in [-0.15, -0.1) is 0 Å². The highest BCUT2D eigenvalue weighted by atomic mass is 16.7. The molecule has 2 saturated heterocycles. The van der Waals surface area contributed by atoms with Crippen LogP contribution in [0.4, 0.5) is 0 Å². The molecule has 0 saturated carbocycles. The fraction of sp³-hybridized carbons (Fsp3) is 0.650. The number of hydrogen-bond donors (Lipinski definition) is 1. The summed E-state index contributed by atoms with van der Waals surface area (Å²) >= 11 is 0. The molecule has 3 aliphatic heterocycles. The van der Waals surface area contributed by atoms with Gasteiger partial charge in [0.15, 0.2) is 11.6 Å². The molecular weight excluding hydrogens is 352 g/mol. The first-order valence-corrected chi connectivity index (χ1v) is 9.26. The normalized spacial score (nSPS) is 39.7. The molecule has 0 aromatic heterocycles. The molecule has 148 valence electrons. The fourth-order valence-corrected chi connectivity index (χ4v) is 3.86. The molecule has 6 unspecified atom stereocenters. The number of fused-ring (bicyclic) bond motifs is 3. The number of ketones is 1. The minimum Gasteiger partial charge on any atom is -0.461 e. The number of hydrogen-bond acceptors (Lipinski definition) is 7. The average Bonchev–Trinajstić information content (AvgIpc) is 2.99. The van der Waals surface area contributed by atoms with Crippen LogP contribution in [0.25, 0.3) is 0 Å². The quantitative estimate of drug-likeness (QED) is 0.454. The van der Waals surface area contributed by atoms with Gasteiger partial charge in [-0.25, -0.2) is 4.79 Å². The van der Waals surface area contributed by atoms with E-state index in [0.29, 0.717) is 12.0 Å². The Labute approximate surface area is 158 Å². The van der Waals surface area contributed by atoms with Gasteiger partial charge in [0.1, 0.15) is 17.8 Å². The maximum atomic E-state index is 12.6. The number of ether oxygens (including phenoxy) is 3. The highest BCUT2D eigenvalue weighted by molar-refractivity contribution is 5.92. The van der Waals surface area contributed by atoms with Crippen LogP contribution in [-0.4, -0.2) is 46.4 Å². The number of carbonyl (C=O) groups excluding carboxylic acids is 3. The number of Topliss-reactive ketones (excluding diaryl/α,β-unsaturated/α-hetero) is 1. The van der Waals surface area contributed by atoms with Crippen molar-refractivity contribution in [3.05, 3.63) is 23.8 Å². The summed E-state index contributed by atoms with van der Waals surface area (Å²) in [6.07, 6.45) is 0.383. The van der Waals surface area contributed by atoms with E-state index in [9.17, 15) is 19.5 Å². The third-order valence-electron chi connectivity index (χ3n) is 5.95. The van der Waals surface area contributed by atoms with E-state index in [1.54, 1.807) is 26.8 Å². The van der Waals surface area contributed by atoms with Crippen LogP contribution in [0.3, 0.4) is 0 Å². The Bertz CT molecular complexity index is 739. The molecule has 0 spiro atoms. The Morgan fingerprint density at radius 2 is 2.15 bits per heavy atom. The van der Waals surface area contributed by atoms with Gasteiger partial charge in [0.05, 0.1) is 18.3 Å². The summed E-state index contributed by atoms with van der Waals surface area (Å²) in [6, 6.07) is 0. The topological polar surface area (TPSA) is 99.1 Å². The Morgan fingerprint density at radius 1 is 1.48 bits per heavy atom. The van der Waals surface area contributed by atoms with Crippen LogP contribution in [0.5, 0.6) is 0 Å². The number of carbonyl (C=O) groups is 3. The van der Waals surface area contributed by atoms with Gasteiger partial charge < -0.3 is 19.3 Å². The smallest absolute Gasteiger partial charge is 0.334 e. The zero-order valence-electron chi connectivity index (χ0n) is 16.1. The zero-order chi connectivity index (χ0) is 20.1. The molecule has 7 heteroatoms. The lowest BCUT2D eigenvalue weighted by Gasteiger charge is -2.32. The third kappa shape index (κ3) is 3.23. The first-order valence-electron chi connectivity index (χ1n) is 9.26. The van der Waals surface area contributed by atoms with E-state index >= 15 is 0 Å². The minimum atomic E-state index is -1.76. The molecule has 3 rings (SSSR count). The predicted molar refractivity (Wildman–Crippen MR) is 94.3 cm³/mol. The maximum Gasteiger partial charge on any atom is 0.334 e. The van der Waals surface area contributed by atoms with Gasteiger partial charge in [0.2, 0.25) is 0 Å². The largest absolute Gasteiger partial charge is 0.461 e. The summed E-state index contributed by atoms with van der Waals surface area (Å²) in [5.41, 5.74) is -0.775. The van der Waals surface area contributed by atoms with Crippen molar-refractivity contribution in [2.75, 3.05) is 0 Å². The molecule has 2 fully saturated rings. The van der Waals surface area contributed by atoms with Crippen molar-refractivity contribution >= 4 is 17.7 Å². The summed E-state index contributed by atoms with van der Waals surface area (Å²) in [4.78, 5) is 37.2. The Balaban J connectivity index is 2.05. The van der Waals surface area contributed by atoms with Crippen LogP contribution in [0.2, 0.25) is 0 Å². The molecule has 0 aromatic carbocycles. The second kappa shape index (κ2) is 6.56. The van der Waals surface area contributed by atoms with Crippen molar-refractivity contribution in [2.45, 2.75) is 70.6 Å². The highest BCUT2D eigenvalue weighted by Crippen LogP contribution is 2.46. The van der Waals surface area contributed by atoms with Gasteiger partial charge in [-0.1, -0.05) is 20.4 Å². The number of esters is 2. The van der Waals surface area contributed by atoms with Crippen molar-refractivity contribution in [3.63, 3.8) is 0 Å². The number of aliphatic hydroxyl groups is 1. The first-order chi connectivity index (χ1) is 12.5. The molecule has 6 atom stereocenters. The molecule has 0 amide bonds. The first kappa shape index (κ1) is 19.8. The van der Waals surface area contributed by atoms with E-state index in [4.69, 9.17) is 14.2 Å². The van der Waals surface area contributed by atoms with Gasteiger partial charge in [0.25, 0.3) is 0 Å². The van der Waals surface area contributed by atoms with E-state index in [0.717, 1.165) is 0 Å². The number of rotatable bonds is 3. The standard InChI is InChI=1S/C20H26O7/c1-6-10(2)17(22)26-14-8-19(5)15(21)9-20(24,27-19)11(3)7-13-16(14)12(4)18(23)25-13/h7,10,13-14,16,24H,4,6,8-9H2,1-3,5H3. The van der Waals surface area contributed by atoms with Crippen molar-refractivity contribution in [3.8, 4) is 0 Å². The lowest BCUT2D eigenvalue weighted by atomic mass is 9.81. The van der Waals surface area contributed by atoms with E-state index in [1.165, 1.54) is 0 Å². The molecule has 1 N–H and O–H groups in total. The van der Waals surface area contributed by atoms with E-state index < -0.39 is 41.5 Å². The van der Waals surface area contributed by atoms with Crippen LogP contribution in [0, 0.1) is 11.8 Å². The predicted octanol–water partition coefficient (Wildman–Crippen LogP) is 1.83. The van der Waals surface area contributed by atoms with Crippen molar-refractivity contribution < 1.29 is 33.7 Å². The van der Waals surface area contributed by atoms with Gasteiger partial charge in [-0.3, -0.25) is 9.59 Å². The summed E-state index contributed by atoms with van der Waals surface area (Å²) in [7, 11) is 0. The van der Waals surface area contributed by atoms with Crippen LogP contribution < -0.4 is 0 Å². The van der Waals surface area contributed by atoms with Crippen LogP contribution in [0.1, 0.15) is 47.0 Å². The molecule has 3 aliphatic rings. The second-order valence-corrected chi connectivity index (χ2v) is 7.98. The molecule has 27 heavy (non-hydrogen) atoms. The molecule has 0 aliphatic carbocycles. The van der Waals surface area contributed by atoms with Crippen molar-refractivity contribution in [1.82, 2.24) is 0 Å². The van der Waals surface area contributed by atoms with E-state index in [2.05, 4.69) is 6.58 Å². The van der Waals surface area contributed by atoms with Crippen LogP contribution in [-0.2, 0) is 28.6 Å². The van der Waals surface area contributed by atoms with Crippen molar-refractivity contribution in [2.24, 2.45) is 11.8 Å². The summed E-state index contributed by atoms with van der Waals surface area (Å²) in [5.74, 6) is -4.01. The van der Waals surface area contributed by atoms with Gasteiger partial charge >= 0.3 is 11.9 Å². The Kier molecular flexibility index (Phi) is 4.80. The molecule has 7 nitrogen and oxygen atoms in total. The third-order valence-corrected chi connectivity index (χ3v) is 5.95. The molecular formula is C20H26O7. The summed E-state index contributed by atoms with van der Waals surface area (Å²) < 4.78 is 16.9. The molecule has 3 heterocycles. The van der Waals surface area contributed by atoms with Crippen LogP contribution >= 0.6 is 0 Å². The average molecular weight is 378 g/mol. The fourth-order valence-electron chi connectivity index (χ4n) is 3.86. The van der Waals surface area contributed by atoms with Crippen molar-refractivity contribution in [1.29, 1.82) is 0 Å². The van der Waals surface area contributed by atoms with E-state index in [-0.39, 0.29) is 30.1 Å². The van der Waals surface area contributed by atoms with E-state index in [1.807, 2.05) is 6.92 Å². The lowest BCUT2D eigenvalue weighted by molar-refractivity contribution is -0.203. The minimum absolute atomic E-state index is 0.00820. The Morgan fingerprint density at radius 3 is 2.78 bits per heavy atom. The highest BCUT2D eigenvalue weighted by Gasteiger charge is 2.58. The molecule has 0 radical (unpaired) electrons. The Hall–Kier alpha value is -1.99. The van der Waals surface area contributed by atoms with Gasteiger partial charge in [-0.05, 0) is 31.9 Å². The van der Waals surface area contributed by atoms with Crippen LogP contribution in [0.15, 0.2) is 23.8 Å². The molecule has 2 bridgehead atoms. The summed E-state index contributed by atoms with van der Waals surface area (Å²) in [5, 5.41) is 10.8. The second-order valence-electron chi connectivity index (χ2n) is 7.98. The summed E-state index contributed by atoms with van der Waals surface area (Å²) in [6.45, 7) is 10.6.